The monoisotopic (exact) mass is 488 g/mol. The van der Waals surface area contributed by atoms with Gasteiger partial charge in [0.1, 0.15) is 0 Å². The first-order valence-corrected chi connectivity index (χ1v) is 12.5. The molecule has 4 heteroatoms. The summed E-state index contributed by atoms with van der Waals surface area (Å²) in [7, 11) is 0. The first kappa shape index (κ1) is 20.9. The van der Waals surface area contributed by atoms with Gasteiger partial charge in [-0.3, -0.25) is 9.59 Å². The zero-order valence-corrected chi connectivity index (χ0v) is 20.2. The van der Waals surface area contributed by atoms with Gasteiger partial charge in [0.15, 0.2) is 11.6 Å². The molecule has 6 aromatic carbocycles. The Morgan fingerprint density at radius 2 is 0.842 bits per heavy atom. The molecule has 0 aliphatic heterocycles. The summed E-state index contributed by atoms with van der Waals surface area (Å²) >= 11 is 0. The summed E-state index contributed by atoms with van der Waals surface area (Å²) in [6, 6.07) is 31.3. The quantitative estimate of drug-likeness (QED) is 0.238. The first-order chi connectivity index (χ1) is 18.5. The number of fused-ring (bicyclic) bond motifs is 4. The average Bonchev–Trinajstić information content (AvgIpc) is 2.93. The van der Waals surface area contributed by atoms with Crippen molar-refractivity contribution in [3.05, 3.63) is 119 Å². The summed E-state index contributed by atoms with van der Waals surface area (Å²) in [5, 5.41) is 3.90. The van der Waals surface area contributed by atoms with Crippen LogP contribution in [0.2, 0.25) is 0 Å². The Balaban J connectivity index is 1.46. The molecule has 0 saturated carbocycles. The SMILES string of the molecule is Nc1ccc2c(c1)-c1cc(-c3cc4c5c(cccc5c3)C(=O)c3ccc(N)cc3-4)cc3cccc(c13)C2=O. The number of rotatable bonds is 1. The van der Waals surface area contributed by atoms with Crippen LogP contribution in [0, 0.1) is 0 Å². The lowest BCUT2D eigenvalue weighted by atomic mass is 9.79. The third kappa shape index (κ3) is 2.69. The number of carbonyl (C=O) groups excluding carboxylic acids is 2. The third-order valence-electron chi connectivity index (χ3n) is 7.93. The van der Waals surface area contributed by atoms with Crippen LogP contribution in [-0.4, -0.2) is 11.6 Å². The first-order valence-electron chi connectivity index (χ1n) is 12.5. The van der Waals surface area contributed by atoms with Gasteiger partial charge in [0.25, 0.3) is 0 Å². The molecule has 0 amide bonds. The van der Waals surface area contributed by atoms with Crippen LogP contribution in [0.15, 0.2) is 97.1 Å². The number of nitrogen functional groups attached to an aromatic ring is 2. The van der Waals surface area contributed by atoms with Crippen molar-refractivity contribution in [1.82, 2.24) is 0 Å². The van der Waals surface area contributed by atoms with Crippen LogP contribution >= 0.6 is 0 Å². The fraction of sp³-hybridized carbons (Fsp3) is 0. The number of carbonyl (C=O) groups is 2. The highest BCUT2D eigenvalue weighted by Crippen LogP contribution is 2.46. The van der Waals surface area contributed by atoms with E-state index < -0.39 is 0 Å². The molecule has 0 fully saturated rings. The normalized spacial score (nSPS) is 13.1. The van der Waals surface area contributed by atoms with Crippen molar-refractivity contribution in [2.45, 2.75) is 0 Å². The molecule has 0 atom stereocenters. The molecule has 0 heterocycles. The molecule has 0 unspecified atom stereocenters. The smallest absolute Gasteiger partial charge is 0.194 e. The standard InChI is InChI=1S/C34H20N2O2/c35-21-7-9-23-27(15-21)29-13-19(11-17-3-1-5-25(31(17)29)33(23)37)20-12-18-4-2-6-26-32(18)30(14-20)28-16-22(36)8-10-24(28)34(26)38/h1-16H,35-36H2. The van der Waals surface area contributed by atoms with Crippen molar-refractivity contribution in [2.75, 3.05) is 11.5 Å². The Morgan fingerprint density at radius 1 is 0.395 bits per heavy atom. The highest BCUT2D eigenvalue weighted by molar-refractivity contribution is 6.28. The van der Waals surface area contributed by atoms with E-state index in [1.54, 1.807) is 12.1 Å². The van der Waals surface area contributed by atoms with Gasteiger partial charge in [0.2, 0.25) is 0 Å². The molecule has 2 aliphatic rings. The molecule has 0 aromatic heterocycles. The van der Waals surface area contributed by atoms with E-state index in [4.69, 9.17) is 11.5 Å². The lowest BCUT2D eigenvalue weighted by Gasteiger charge is -2.23. The molecule has 38 heavy (non-hydrogen) atoms. The van der Waals surface area contributed by atoms with Crippen molar-refractivity contribution in [2.24, 2.45) is 0 Å². The van der Waals surface area contributed by atoms with E-state index in [1.807, 2.05) is 60.7 Å². The largest absolute Gasteiger partial charge is 0.399 e. The van der Waals surface area contributed by atoms with Gasteiger partial charge in [-0.05, 0) is 105 Å². The molecule has 0 radical (unpaired) electrons. The van der Waals surface area contributed by atoms with Gasteiger partial charge in [-0.25, -0.2) is 0 Å². The number of benzene rings is 6. The number of hydrogen-bond donors (Lipinski definition) is 2. The van der Waals surface area contributed by atoms with Crippen LogP contribution in [0.5, 0.6) is 0 Å². The third-order valence-corrected chi connectivity index (χ3v) is 7.93. The Bertz CT molecular complexity index is 1940. The van der Waals surface area contributed by atoms with Crippen LogP contribution in [0.25, 0.3) is 54.9 Å². The summed E-state index contributed by atoms with van der Waals surface area (Å²) < 4.78 is 0. The zero-order valence-electron chi connectivity index (χ0n) is 20.2. The summed E-state index contributed by atoms with van der Waals surface area (Å²) in [6.07, 6.45) is 0. The number of hydrogen-bond acceptors (Lipinski definition) is 4. The second-order valence-electron chi connectivity index (χ2n) is 10.1. The minimum Gasteiger partial charge on any atom is -0.399 e. The summed E-state index contributed by atoms with van der Waals surface area (Å²) in [5.74, 6) is 0.0414. The van der Waals surface area contributed by atoms with Crippen molar-refractivity contribution in [3.63, 3.8) is 0 Å². The topological polar surface area (TPSA) is 86.2 Å². The molecule has 4 nitrogen and oxygen atoms in total. The predicted octanol–water partition coefficient (Wildman–Crippen LogP) is 7.25. The second kappa shape index (κ2) is 7.17. The Morgan fingerprint density at radius 3 is 1.29 bits per heavy atom. The average molecular weight is 489 g/mol. The van der Waals surface area contributed by atoms with Gasteiger partial charge < -0.3 is 11.5 Å². The lowest BCUT2D eigenvalue weighted by Crippen LogP contribution is -2.11. The molecule has 0 saturated heterocycles. The molecule has 4 N–H and O–H groups in total. The van der Waals surface area contributed by atoms with Crippen molar-refractivity contribution in [1.29, 1.82) is 0 Å². The van der Waals surface area contributed by atoms with Crippen LogP contribution in [-0.2, 0) is 0 Å². The highest BCUT2D eigenvalue weighted by atomic mass is 16.1. The van der Waals surface area contributed by atoms with Gasteiger partial charge in [-0.1, -0.05) is 36.4 Å². The van der Waals surface area contributed by atoms with Crippen LogP contribution in [0.1, 0.15) is 31.8 Å². The molecule has 8 rings (SSSR count). The van der Waals surface area contributed by atoms with E-state index in [-0.39, 0.29) is 11.6 Å². The van der Waals surface area contributed by atoms with Gasteiger partial charge in [-0.15, -0.1) is 0 Å². The number of ketones is 2. The maximum atomic E-state index is 13.3. The molecule has 6 aromatic rings. The van der Waals surface area contributed by atoms with Crippen LogP contribution < -0.4 is 11.5 Å². The summed E-state index contributed by atoms with van der Waals surface area (Å²) in [6.45, 7) is 0. The van der Waals surface area contributed by atoms with E-state index in [0.29, 0.717) is 33.6 Å². The highest BCUT2D eigenvalue weighted by Gasteiger charge is 2.28. The summed E-state index contributed by atoms with van der Waals surface area (Å²) in [4.78, 5) is 26.6. The zero-order chi connectivity index (χ0) is 25.7. The minimum absolute atomic E-state index is 0.0207. The Kier molecular flexibility index (Phi) is 3.95. The minimum atomic E-state index is 0.0207. The van der Waals surface area contributed by atoms with E-state index in [2.05, 4.69) is 24.3 Å². The molecule has 178 valence electrons. The van der Waals surface area contributed by atoms with Gasteiger partial charge >= 0.3 is 0 Å². The van der Waals surface area contributed by atoms with Crippen LogP contribution in [0.4, 0.5) is 11.4 Å². The predicted molar refractivity (Wildman–Crippen MR) is 153 cm³/mol. The van der Waals surface area contributed by atoms with E-state index in [0.717, 1.165) is 54.9 Å². The fourth-order valence-electron chi connectivity index (χ4n) is 6.25. The van der Waals surface area contributed by atoms with Gasteiger partial charge in [-0.2, -0.15) is 0 Å². The van der Waals surface area contributed by atoms with Crippen molar-refractivity contribution < 1.29 is 9.59 Å². The molecule has 2 aliphatic carbocycles. The van der Waals surface area contributed by atoms with E-state index in [9.17, 15) is 9.59 Å². The number of nitrogens with two attached hydrogens (primary N) is 2. The molecule has 0 spiro atoms. The summed E-state index contributed by atoms with van der Waals surface area (Å²) in [5.41, 5.74) is 22.1. The maximum absolute atomic E-state index is 13.3. The van der Waals surface area contributed by atoms with Gasteiger partial charge in [0, 0.05) is 44.4 Å². The van der Waals surface area contributed by atoms with Crippen LogP contribution in [0.3, 0.4) is 0 Å². The number of anilines is 2. The fourth-order valence-corrected chi connectivity index (χ4v) is 6.25. The maximum Gasteiger partial charge on any atom is 0.194 e. The van der Waals surface area contributed by atoms with E-state index in [1.165, 1.54) is 0 Å². The molecule has 0 bridgehead atoms. The molecular formula is C34H20N2O2. The van der Waals surface area contributed by atoms with Crippen molar-refractivity contribution >= 4 is 44.5 Å². The Labute approximate surface area is 218 Å². The molecular weight excluding hydrogens is 468 g/mol. The van der Waals surface area contributed by atoms with E-state index >= 15 is 0 Å². The van der Waals surface area contributed by atoms with Crippen molar-refractivity contribution in [3.8, 4) is 33.4 Å². The lowest BCUT2D eigenvalue weighted by molar-refractivity contribution is 0.103. The Hall–Kier alpha value is -5.22. The second-order valence-corrected chi connectivity index (χ2v) is 10.1. The van der Waals surface area contributed by atoms with Gasteiger partial charge in [0.05, 0.1) is 0 Å².